The summed E-state index contributed by atoms with van der Waals surface area (Å²) in [5, 5.41) is 0.535. The number of aromatic nitrogens is 1. The molecule has 0 spiro atoms. The zero-order valence-corrected chi connectivity index (χ0v) is 18.3. The van der Waals surface area contributed by atoms with Gasteiger partial charge in [-0.15, -0.1) is 0 Å². The third-order valence-electron chi connectivity index (χ3n) is 5.08. The smallest absolute Gasteiger partial charge is 0.262 e. The summed E-state index contributed by atoms with van der Waals surface area (Å²) in [6.07, 6.45) is 3.77. The summed E-state index contributed by atoms with van der Waals surface area (Å²) < 4.78 is 5.13. The van der Waals surface area contributed by atoms with Crippen molar-refractivity contribution in [2.45, 2.75) is 6.42 Å². The molecule has 1 aliphatic heterocycles. The van der Waals surface area contributed by atoms with Crippen molar-refractivity contribution in [2.24, 2.45) is 0 Å². The fourth-order valence-electron chi connectivity index (χ4n) is 3.43. The van der Waals surface area contributed by atoms with Gasteiger partial charge >= 0.3 is 0 Å². The number of benzene rings is 2. The minimum atomic E-state index is -0.354. The Morgan fingerprint density at radius 3 is 2.75 bits per heavy atom. The molecule has 0 aliphatic carbocycles. The third-order valence-corrected chi connectivity index (χ3v) is 5.31. The molecule has 158 valence electrons. The number of likely N-dealkylation sites (N-methyl/N-ethyl adjacent to an activating group) is 1. The van der Waals surface area contributed by atoms with Crippen molar-refractivity contribution in [1.29, 1.82) is 0 Å². The maximum Gasteiger partial charge on any atom is 0.262 e. The maximum atomic E-state index is 13.2. The highest BCUT2D eigenvalue weighted by Crippen LogP contribution is 2.31. The van der Waals surface area contributed by atoms with Crippen LogP contribution in [0.1, 0.15) is 27.0 Å². The number of nitrogens with zero attached hydrogens (tertiary/aromatic N) is 2. The minimum Gasteiger partial charge on any atom is -0.481 e. The average molecular weight is 443 g/mol. The Labute approximate surface area is 191 Å². The molecule has 0 bridgehead atoms. The first-order valence-electron chi connectivity index (χ1n) is 9.88. The van der Waals surface area contributed by atoms with Gasteiger partial charge in [0.05, 0.1) is 18.4 Å². The number of ketones is 1. The molecule has 2 aromatic carbocycles. The molecule has 0 fully saturated rings. The zero-order chi connectivity index (χ0) is 22.7. The summed E-state index contributed by atoms with van der Waals surface area (Å²) in [7, 11) is 3.22. The molecule has 0 atom stereocenters. The Hall–Kier alpha value is -3.88. The highest BCUT2D eigenvalue weighted by Gasteiger charge is 2.32. The number of anilines is 1. The summed E-state index contributed by atoms with van der Waals surface area (Å²) in [4.78, 5) is 31.5. The van der Waals surface area contributed by atoms with Crippen LogP contribution >= 0.6 is 11.6 Å². The molecule has 1 amide bonds. The van der Waals surface area contributed by atoms with Crippen LogP contribution in [0.4, 0.5) is 5.69 Å². The van der Waals surface area contributed by atoms with E-state index >= 15 is 0 Å². The van der Waals surface area contributed by atoms with E-state index in [2.05, 4.69) is 16.8 Å². The van der Waals surface area contributed by atoms with Crippen LogP contribution in [0.5, 0.6) is 5.88 Å². The molecular weight excluding hydrogens is 424 g/mol. The number of amides is 1. The van der Waals surface area contributed by atoms with Crippen molar-refractivity contribution >= 4 is 35.1 Å². The van der Waals surface area contributed by atoms with E-state index in [0.29, 0.717) is 39.7 Å². The van der Waals surface area contributed by atoms with Gasteiger partial charge in [-0.2, -0.15) is 0 Å². The number of Topliss-reactive ketones (excluding diaryl/α,β-unsaturated/α-hetero) is 1. The van der Waals surface area contributed by atoms with Gasteiger partial charge < -0.3 is 9.64 Å². The predicted octanol–water partition coefficient (Wildman–Crippen LogP) is 4.58. The Morgan fingerprint density at radius 1 is 1.12 bits per heavy atom. The predicted molar refractivity (Wildman–Crippen MR) is 125 cm³/mol. The van der Waals surface area contributed by atoms with E-state index in [1.807, 2.05) is 18.2 Å². The lowest BCUT2D eigenvalue weighted by atomic mass is 9.92. The second-order valence-corrected chi connectivity index (χ2v) is 7.66. The Kier molecular flexibility index (Phi) is 6.07. The first kappa shape index (κ1) is 21.4. The summed E-state index contributed by atoms with van der Waals surface area (Å²) >= 11 is 6.04. The number of halogens is 1. The van der Waals surface area contributed by atoms with E-state index in [1.165, 1.54) is 4.90 Å². The second kappa shape index (κ2) is 9.09. The van der Waals surface area contributed by atoms with Gasteiger partial charge in [0.15, 0.2) is 0 Å². The van der Waals surface area contributed by atoms with Crippen molar-refractivity contribution in [2.75, 3.05) is 19.1 Å². The Morgan fingerprint density at radius 2 is 1.97 bits per heavy atom. The third kappa shape index (κ3) is 4.41. The molecule has 0 saturated carbocycles. The number of fused-ring (bicyclic) bond motifs is 1. The molecule has 5 nitrogen and oxygen atoms in total. The SMILES string of the molecule is COc1cc(CC#Cc2ccc3c(c2)C(=O)C(=Cc2cccc(Cl)c2)C(=O)N3C)ccn1. The number of rotatable bonds is 3. The summed E-state index contributed by atoms with van der Waals surface area (Å²) in [6, 6.07) is 16.0. The van der Waals surface area contributed by atoms with E-state index < -0.39 is 0 Å². The van der Waals surface area contributed by atoms with Gasteiger partial charge in [0, 0.05) is 41.9 Å². The summed E-state index contributed by atoms with van der Waals surface area (Å²) in [5.41, 5.74) is 3.47. The molecule has 1 aliphatic rings. The zero-order valence-electron chi connectivity index (χ0n) is 17.6. The standard InChI is InChI=1S/C26H19ClN2O3/c1-29-23-10-9-17(5-3-6-18-11-12-28-24(16-18)32-2)14-21(23)25(30)22(26(29)31)15-19-7-4-8-20(27)13-19/h4,7-16H,6H2,1-2H3. The number of carbonyl (C=O) groups is 2. The second-order valence-electron chi connectivity index (χ2n) is 7.22. The van der Waals surface area contributed by atoms with E-state index in [4.69, 9.17) is 16.3 Å². The largest absolute Gasteiger partial charge is 0.481 e. The molecule has 6 heteroatoms. The fourth-order valence-corrected chi connectivity index (χ4v) is 3.63. The van der Waals surface area contributed by atoms with E-state index in [1.54, 1.807) is 62.8 Å². The monoisotopic (exact) mass is 442 g/mol. The van der Waals surface area contributed by atoms with Crippen LogP contribution in [0.15, 0.2) is 66.4 Å². The highest BCUT2D eigenvalue weighted by molar-refractivity contribution is 6.36. The molecule has 2 heterocycles. The van der Waals surface area contributed by atoms with Gasteiger partial charge in [-0.05, 0) is 53.6 Å². The van der Waals surface area contributed by atoms with Crippen molar-refractivity contribution in [3.8, 4) is 17.7 Å². The lowest BCUT2D eigenvalue weighted by Crippen LogP contribution is -2.36. The highest BCUT2D eigenvalue weighted by atomic mass is 35.5. The van der Waals surface area contributed by atoms with Gasteiger partial charge in [-0.25, -0.2) is 4.98 Å². The van der Waals surface area contributed by atoms with Gasteiger partial charge in [0.1, 0.15) is 0 Å². The number of ether oxygens (including phenoxy) is 1. The van der Waals surface area contributed by atoms with E-state index in [9.17, 15) is 9.59 Å². The molecule has 0 saturated heterocycles. The van der Waals surface area contributed by atoms with Crippen LogP contribution in [0.3, 0.4) is 0 Å². The maximum absolute atomic E-state index is 13.2. The fraction of sp³-hybridized carbons (Fsp3) is 0.115. The van der Waals surface area contributed by atoms with E-state index in [-0.39, 0.29) is 17.3 Å². The molecule has 1 aromatic heterocycles. The van der Waals surface area contributed by atoms with Crippen LogP contribution in [-0.2, 0) is 11.2 Å². The normalized spacial score (nSPS) is 14.1. The van der Waals surface area contributed by atoms with Crippen LogP contribution in [-0.4, -0.2) is 30.8 Å². The number of hydrogen-bond acceptors (Lipinski definition) is 4. The first-order chi connectivity index (χ1) is 15.5. The number of pyridine rings is 1. The minimum absolute atomic E-state index is 0.0938. The number of carbonyl (C=O) groups excluding carboxylic acids is 2. The van der Waals surface area contributed by atoms with Crippen LogP contribution in [0.2, 0.25) is 5.02 Å². The number of methoxy groups -OCH3 is 1. The van der Waals surface area contributed by atoms with Gasteiger partial charge in [0.25, 0.3) is 5.91 Å². The average Bonchev–Trinajstić information content (AvgIpc) is 2.80. The summed E-state index contributed by atoms with van der Waals surface area (Å²) in [5.74, 6) is 6.06. The van der Waals surface area contributed by atoms with Crippen molar-refractivity contribution < 1.29 is 14.3 Å². The van der Waals surface area contributed by atoms with Crippen molar-refractivity contribution in [1.82, 2.24) is 4.98 Å². The van der Waals surface area contributed by atoms with Gasteiger partial charge in [0.2, 0.25) is 11.7 Å². The Bertz CT molecular complexity index is 1320. The molecule has 32 heavy (non-hydrogen) atoms. The molecule has 0 N–H and O–H groups in total. The van der Waals surface area contributed by atoms with Crippen molar-refractivity contribution in [3.63, 3.8) is 0 Å². The first-order valence-corrected chi connectivity index (χ1v) is 10.3. The van der Waals surface area contributed by atoms with Crippen LogP contribution < -0.4 is 9.64 Å². The summed E-state index contributed by atoms with van der Waals surface area (Å²) in [6.45, 7) is 0. The van der Waals surface area contributed by atoms with Gasteiger partial charge in [-0.1, -0.05) is 35.6 Å². The molecule has 0 unspecified atom stereocenters. The Balaban J connectivity index is 1.64. The van der Waals surface area contributed by atoms with E-state index in [0.717, 1.165) is 5.56 Å². The lowest BCUT2D eigenvalue weighted by Gasteiger charge is -2.26. The molecule has 3 aromatic rings. The lowest BCUT2D eigenvalue weighted by molar-refractivity contribution is -0.114. The quantitative estimate of drug-likeness (QED) is 0.338. The molecule has 0 radical (unpaired) electrons. The molecule has 4 rings (SSSR count). The number of hydrogen-bond donors (Lipinski definition) is 0. The van der Waals surface area contributed by atoms with Crippen LogP contribution in [0.25, 0.3) is 6.08 Å². The van der Waals surface area contributed by atoms with Gasteiger partial charge in [-0.3, -0.25) is 9.59 Å². The van der Waals surface area contributed by atoms with Crippen LogP contribution in [0, 0.1) is 11.8 Å². The molecular formula is C26H19ClN2O3. The van der Waals surface area contributed by atoms with Crippen molar-refractivity contribution in [3.05, 3.63) is 93.6 Å². The topological polar surface area (TPSA) is 59.5 Å².